The fourth-order valence-electron chi connectivity index (χ4n) is 4.56. The van der Waals surface area contributed by atoms with Gasteiger partial charge in [-0.05, 0) is 72.3 Å². The van der Waals surface area contributed by atoms with Crippen molar-refractivity contribution in [2.75, 3.05) is 0 Å². The van der Waals surface area contributed by atoms with Crippen LogP contribution in [0.2, 0.25) is 0 Å². The van der Waals surface area contributed by atoms with Gasteiger partial charge in [-0.25, -0.2) is 17.4 Å². The molecular weight excluding hydrogens is 753 g/mol. The maximum Gasteiger partial charge on any atom is 0.338 e. The fraction of sp³-hybridized carbons (Fsp3) is 0. The van der Waals surface area contributed by atoms with Crippen molar-refractivity contribution in [1.29, 1.82) is 0 Å². The Labute approximate surface area is 302 Å². The molecule has 0 spiro atoms. The number of hydrogen-bond donors (Lipinski definition) is 5. The lowest BCUT2D eigenvalue weighted by Gasteiger charge is -2.09. The van der Waals surface area contributed by atoms with Crippen LogP contribution >= 0.6 is 0 Å². The summed E-state index contributed by atoms with van der Waals surface area (Å²) in [4.78, 5) is 11.4. The highest BCUT2D eigenvalue weighted by Crippen LogP contribution is 2.47. The van der Waals surface area contributed by atoms with Gasteiger partial charge in [-0.3, -0.25) is 4.55 Å². The highest BCUT2D eigenvalue weighted by atomic mass is 32.2. The number of sulfone groups is 1. The molecule has 0 aliphatic rings. The van der Waals surface area contributed by atoms with E-state index >= 15 is 0 Å². The predicted octanol–water partition coefficient (Wildman–Crippen LogP) is 8.55. The Kier molecular flexibility index (Phi) is 10.8. The lowest BCUT2D eigenvalue weighted by molar-refractivity contribution is 0.0696. The molecule has 0 aliphatic heterocycles. The van der Waals surface area contributed by atoms with Gasteiger partial charge in [0.25, 0.3) is 10.1 Å². The fourth-order valence-corrected chi connectivity index (χ4v) is 6.12. The largest absolute Gasteiger partial charge is 0.505 e. The molecule has 5 aromatic carbocycles. The van der Waals surface area contributed by atoms with E-state index in [4.69, 9.17) is 0 Å². The Morgan fingerprint density at radius 1 is 0.698 bits per heavy atom. The van der Waals surface area contributed by atoms with Crippen LogP contribution in [0.4, 0.5) is 34.1 Å². The molecule has 0 fully saturated rings. The number of aromatic hydroxyl groups is 2. The molecule has 0 aromatic heterocycles. The van der Waals surface area contributed by atoms with Crippen LogP contribution in [0.15, 0.2) is 144 Å². The molecule has 5 aromatic rings. The van der Waals surface area contributed by atoms with Crippen molar-refractivity contribution in [1.82, 2.24) is 0 Å². The standard InChI is InChI=1S/C33H24N6O11S3/c1-3-52(46,47)22-10-8-21(9-11-22)34-36-27-14-15-28(25-16-23(53(48,49)50)12-13-24(25)27)37-39-31-29(40)17-26(33(42)43)30(32(31)41)38-35-20-6-4-19(5-7-20)18(2)51(44)45/h3-17,40-41H,1-2H2,(H,42,43)(H,44,45)(H,48,49,50). The minimum absolute atomic E-state index is 0.00807. The van der Waals surface area contributed by atoms with Crippen molar-refractivity contribution in [2.45, 2.75) is 9.79 Å². The SMILES string of the molecule is C=CS(=O)(=O)c1ccc(N=Nc2ccc(N=Nc3c(O)cc(C(=O)O)c(N=Nc4ccc(C(=C)S(=O)O)cc4)c3O)c3cc(S(=O)(=O)O)ccc23)cc1. The van der Waals surface area contributed by atoms with Crippen molar-refractivity contribution in [3.05, 3.63) is 115 Å². The van der Waals surface area contributed by atoms with Crippen LogP contribution in [-0.4, -0.2) is 51.4 Å². The number of phenolic OH excluding ortho intramolecular Hbond substituents is 2. The zero-order valence-electron chi connectivity index (χ0n) is 26.7. The van der Waals surface area contributed by atoms with E-state index in [1.807, 2.05) is 0 Å². The third-order valence-corrected chi connectivity index (χ3v) is 10.2. The lowest BCUT2D eigenvalue weighted by atomic mass is 10.1. The molecule has 5 N–H and O–H groups in total. The van der Waals surface area contributed by atoms with E-state index in [9.17, 15) is 50.3 Å². The number of hydrogen-bond acceptors (Lipinski definition) is 14. The van der Waals surface area contributed by atoms with Gasteiger partial charge in [0.05, 0.1) is 43.0 Å². The Bertz CT molecular complexity index is 2660. The summed E-state index contributed by atoms with van der Waals surface area (Å²) < 4.78 is 78.2. The predicted molar refractivity (Wildman–Crippen MR) is 193 cm³/mol. The smallest absolute Gasteiger partial charge is 0.338 e. The molecule has 17 nitrogen and oxygen atoms in total. The number of carboxylic acid groups (broad SMARTS) is 1. The van der Waals surface area contributed by atoms with Gasteiger partial charge in [-0.15, -0.1) is 20.5 Å². The van der Waals surface area contributed by atoms with Crippen molar-refractivity contribution >= 4 is 86.8 Å². The van der Waals surface area contributed by atoms with Crippen molar-refractivity contribution in [3.63, 3.8) is 0 Å². The number of azo groups is 3. The normalized spacial score (nSPS) is 12.9. The van der Waals surface area contributed by atoms with Gasteiger partial charge in [-0.1, -0.05) is 31.4 Å². The third kappa shape index (κ3) is 8.43. The second kappa shape index (κ2) is 15.1. The summed E-state index contributed by atoms with van der Waals surface area (Å²) in [5.41, 5.74) is -1.03. The second-order valence-corrected chi connectivity index (χ2v) is 14.9. The van der Waals surface area contributed by atoms with Gasteiger partial charge in [-0.2, -0.15) is 18.6 Å². The molecule has 20 heteroatoms. The number of aromatic carboxylic acids is 1. The first-order valence-corrected chi connectivity index (χ1v) is 18.6. The quantitative estimate of drug-likeness (QED) is 0.0454. The Hall–Kier alpha value is -6.32. The molecule has 0 bridgehead atoms. The molecule has 53 heavy (non-hydrogen) atoms. The van der Waals surface area contributed by atoms with E-state index in [-0.39, 0.29) is 43.3 Å². The van der Waals surface area contributed by atoms with Crippen LogP contribution in [0.3, 0.4) is 0 Å². The van der Waals surface area contributed by atoms with Crippen LogP contribution in [0.25, 0.3) is 15.7 Å². The lowest BCUT2D eigenvalue weighted by Crippen LogP contribution is -1.97. The van der Waals surface area contributed by atoms with E-state index < -0.39 is 70.3 Å². The molecule has 0 amide bonds. The van der Waals surface area contributed by atoms with E-state index in [2.05, 4.69) is 43.8 Å². The Morgan fingerprint density at radius 2 is 1.23 bits per heavy atom. The molecular formula is C33H24N6O11S3. The first kappa shape index (κ1) is 37.9. The summed E-state index contributed by atoms with van der Waals surface area (Å²) >= 11 is -2.31. The molecule has 1 atom stereocenters. The number of benzene rings is 5. The first-order valence-electron chi connectivity index (χ1n) is 14.5. The molecule has 0 aliphatic carbocycles. The van der Waals surface area contributed by atoms with E-state index in [1.54, 1.807) is 0 Å². The minimum Gasteiger partial charge on any atom is -0.505 e. The van der Waals surface area contributed by atoms with Gasteiger partial charge < -0.3 is 19.9 Å². The first-order chi connectivity index (χ1) is 25.0. The van der Waals surface area contributed by atoms with Crippen LogP contribution in [0, 0.1) is 0 Å². The zero-order valence-corrected chi connectivity index (χ0v) is 29.1. The van der Waals surface area contributed by atoms with Crippen molar-refractivity contribution in [3.8, 4) is 11.5 Å². The van der Waals surface area contributed by atoms with Gasteiger partial charge in [0.2, 0.25) is 0 Å². The number of nitrogens with zero attached hydrogens (tertiary/aromatic N) is 6. The van der Waals surface area contributed by atoms with Crippen LogP contribution in [0.5, 0.6) is 11.5 Å². The summed E-state index contributed by atoms with van der Waals surface area (Å²) in [5, 5.41) is 56.4. The molecule has 270 valence electrons. The molecule has 0 saturated carbocycles. The van der Waals surface area contributed by atoms with E-state index in [1.165, 1.54) is 66.7 Å². The Balaban J connectivity index is 1.55. The maximum absolute atomic E-state index is 12.0. The molecule has 0 heterocycles. The van der Waals surface area contributed by atoms with Crippen LogP contribution < -0.4 is 0 Å². The molecule has 1 unspecified atom stereocenters. The molecule has 0 saturated heterocycles. The highest BCUT2D eigenvalue weighted by Gasteiger charge is 2.23. The van der Waals surface area contributed by atoms with Crippen LogP contribution in [0.1, 0.15) is 15.9 Å². The summed E-state index contributed by atoms with van der Waals surface area (Å²) in [7, 11) is -8.38. The molecule has 0 radical (unpaired) electrons. The topological polar surface area (TPSA) is 278 Å². The minimum atomic E-state index is -4.71. The van der Waals surface area contributed by atoms with Gasteiger partial charge in [0.15, 0.2) is 32.4 Å². The van der Waals surface area contributed by atoms with Gasteiger partial charge in [0.1, 0.15) is 11.4 Å². The third-order valence-electron chi connectivity index (χ3n) is 7.28. The summed E-state index contributed by atoms with van der Waals surface area (Å²) in [6.07, 6.45) is 0. The van der Waals surface area contributed by atoms with E-state index in [0.29, 0.717) is 5.56 Å². The van der Waals surface area contributed by atoms with Crippen molar-refractivity contribution < 1.29 is 50.3 Å². The van der Waals surface area contributed by atoms with E-state index in [0.717, 1.165) is 23.6 Å². The zero-order chi connectivity index (χ0) is 38.7. The summed E-state index contributed by atoms with van der Waals surface area (Å²) in [5.74, 6) is -3.34. The number of phenols is 2. The summed E-state index contributed by atoms with van der Waals surface area (Å²) in [6, 6.07) is 18.0. The second-order valence-electron chi connectivity index (χ2n) is 10.6. The van der Waals surface area contributed by atoms with Crippen molar-refractivity contribution in [2.24, 2.45) is 30.7 Å². The van der Waals surface area contributed by atoms with Crippen LogP contribution in [-0.2, 0) is 31.0 Å². The number of fused-ring (bicyclic) bond motifs is 1. The van der Waals surface area contributed by atoms with Gasteiger partial charge >= 0.3 is 5.97 Å². The summed E-state index contributed by atoms with van der Waals surface area (Å²) in [6.45, 7) is 6.78. The Morgan fingerprint density at radius 3 is 1.79 bits per heavy atom. The number of rotatable bonds is 12. The average Bonchev–Trinajstić information content (AvgIpc) is 3.13. The monoisotopic (exact) mass is 776 g/mol. The maximum atomic E-state index is 12.0. The average molecular weight is 777 g/mol. The molecule has 5 rings (SSSR count). The van der Waals surface area contributed by atoms with Gasteiger partial charge in [0, 0.05) is 16.2 Å². The number of carboxylic acids is 1. The number of carbonyl (C=O) groups is 1. The highest BCUT2D eigenvalue weighted by molar-refractivity contribution is 7.94.